The zero-order chi connectivity index (χ0) is 46.7. The van der Waals surface area contributed by atoms with Gasteiger partial charge in [-0.05, 0) is 109 Å². The van der Waals surface area contributed by atoms with Gasteiger partial charge in [-0.2, -0.15) is 0 Å². The Bertz CT molecular complexity index is 1740. The lowest BCUT2D eigenvalue weighted by molar-refractivity contribution is -0.357. The Morgan fingerprint density at radius 1 is 0.672 bits per heavy atom. The highest BCUT2D eigenvalue weighted by molar-refractivity contribution is 5.79. The fourth-order valence-corrected chi connectivity index (χ4v) is 14.8. The third-order valence-electron chi connectivity index (χ3n) is 18.9. The fourth-order valence-electron chi connectivity index (χ4n) is 14.8. The second-order valence-corrected chi connectivity index (χ2v) is 23.0. The van der Waals surface area contributed by atoms with E-state index in [0.717, 1.165) is 44.9 Å². The quantitative estimate of drug-likeness (QED) is 0.0916. The van der Waals surface area contributed by atoms with E-state index in [-0.39, 0.29) is 51.6 Å². The van der Waals surface area contributed by atoms with Crippen LogP contribution in [-0.4, -0.2) is 169 Å². The molecule has 0 radical (unpaired) electrons. The number of esters is 1. The Hall–Kier alpha value is -1.39. The van der Waals surface area contributed by atoms with Gasteiger partial charge in [-0.25, -0.2) is 0 Å². The van der Waals surface area contributed by atoms with Crippen LogP contribution in [0.1, 0.15) is 113 Å². The van der Waals surface area contributed by atoms with Crippen molar-refractivity contribution in [2.24, 2.45) is 50.2 Å². The summed E-state index contributed by atoms with van der Waals surface area (Å²) >= 11 is 0. The molecule has 1 unspecified atom stereocenters. The first-order valence-corrected chi connectivity index (χ1v) is 23.7. The molecule has 0 bridgehead atoms. The van der Waals surface area contributed by atoms with Crippen LogP contribution in [0.15, 0.2) is 11.6 Å². The number of rotatable bonds is 8. The van der Waals surface area contributed by atoms with Crippen LogP contribution in [0.2, 0.25) is 0 Å². The van der Waals surface area contributed by atoms with E-state index in [0.29, 0.717) is 25.2 Å². The summed E-state index contributed by atoms with van der Waals surface area (Å²) in [5.74, 6) is -0.0598. The van der Waals surface area contributed by atoms with E-state index in [1.54, 1.807) is 0 Å². The van der Waals surface area contributed by atoms with Crippen molar-refractivity contribution >= 4 is 5.97 Å². The second-order valence-electron chi connectivity index (χ2n) is 23.0. The summed E-state index contributed by atoms with van der Waals surface area (Å²) in [6.45, 7) is 14.7. The second kappa shape index (κ2) is 17.2. The van der Waals surface area contributed by atoms with E-state index in [2.05, 4.69) is 54.5 Å². The highest BCUT2D eigenvalue weighted by Gasteiger charge is 2.70. The molecule has 10 N–H and O–H groups in total. The molecule has 22 atom stereocenters. The van der Waals surface area contributed by atoms with Crippen molar-refractivity contribution in [2.45, 2.75) is 205 Å². The SMILES string of the molecule is CC1(C)CC[C@]2(C(=O)O[C@@H]3O[C@H](CO)[C@@H](O)[C@H](O)[C@H]3O)CC[C@]3(C)C(=CC[C@@H]4[C@@]5(C)CC[C@H](O[C@@H]6OC[C@H](O)[C@H](O[C@@H]7O[C@H](CO)[C@H](O)[C@H](O)[C@H]7O)[C@H]6O)C(C)(C)C5CC[C@]43C)[C@H]2C1. The van der Waals surface area contributed by atoms with E-state index in [1.807, 2.05) is 0 Å². The molecule has 17 heteroatoms. The van der Waals surface area contributed by atoms with Gasteiger partial charge in [0.25, 0.3) is 0 Å². The predicted octanol–water partition coefficient (Wildman–Crippen LogP) is 0.780. The van der Waals surface area contributed by atoms with Crippen LogP contribution in [0.3, 0.4) is 0 Å². The molecule has 0 spiro atoms. The van der Waals surface area contributed by atoms with Crippen LogP contribution in [0.5, 0.6) is 0 Å². The predicted molar refractivity (Wildman–Crippen MR) is 224 cm³/mol. The Labute approximate surface area is 376 Å². The number of carbonyl (C=O) groups is 1. The smallest absolute Gasteiger partial charge is 0.315 e. The van der Waals surface area contributed by atoms with Crippen molar-refractivity contribution in [3.05, 3.63) is 11.6 Å². The molecular formula is C47H76O17. The van der Waals surface area contributed by atoms with Gasteiger partial charge in [-0.3, -0.25) is 4.79 Å². The number of aliphatic hydroxyl groups excluding tert-OH is 10. The van der Waals surface area contributed by atoms with E-state index in [1.165, 1.54) is 5.57 Å². The van der Waals surface area contributed by atoms with Crippen molar-refractivity contribution < 1.29 is 84.3 Å². The van der Waals surface area contributed by atoms with Crippen LogP contribution in [0.4, 0.5) is 0 Å². The Morgan fingerprint density at radius 2 is 1.28 bits per heavy atom. The largest absolute Gasteiger partial charge is 0.432 e. The van der Waals surface area contributed by atoms with Crippen molar-refractivity contribution in [3.8, 4) is 0 Å². The van der Waals surface area contributed by atoms with Crippen molar-refractivity contribution in [1.29, 1.82) is 0 Å². The van der Waals surface area contributed by atoms with Crippen LogP contribution in [0.25, 0.3) is 0 Å². The topological polar surface area (TPSA) is 275 Å². The van der Waals surface area contributed by atoms with E-state index in [9.17, 15) is 55.9 Å². The van der Waals surface area contributed by atoms with Gasteiger partial charge < -0.3 is 79.5 Å². The maximum Gasteiger partial charge on any atom is 0.315 e. The minimum atomic E-state index is -1.72. The average molecular weight is 913 g/mol. The summed E-state index contributed by atoms with van der Waals surface area (Å²) in [7, 11) is 0. The van der Waals surface area contributed by atoms with Gasteiger partial charge in [0, 0.05) is 0 Å². The van der Waals surface area contributed by atoms with E-state index in [4.69, 9.17) is 28.4 Å². The lowest BCUT2D eigenvalue weighted by atomic mass is 9.33. The molecule has 3 heterocycles. The highest BCUT2D eigenvalue weighted by Crippen LogP contribution is 2.76. The van der Waals surface area contributed by atoms with Crippen LogP contribution in [0, 0.1) is 50.2 Å². The van der Waals surface area contributed by atoms with Gasteiger partial charge in [-0.1, -0.05) is 60.1 Å². The minimum absolute atomic E-state index is 0.0414. The Kier molecular flexibility index (Phi) is 13.2. The first-order valence-electron chi connectivity index (χ1n) is 23.7. The summed E-state index contributed by atoms with van der Waals surface area (Å²) in [4.78, 5) is 14.6. The highest BCUT2D eigenvalue weighted by atomic mass is 16.7. The molecule has 0 amide bonds. The Balaban J connectivity index is 1.01. The van der Waals surface area contributed by atoms with Crippen molar-refractivity contribution in [1.82, 2.24) is 0 Å². The molecular weight excluding hydrogens is 836 g/mol. The van der Waals surface area contributed by atoms with Gasteiger partial charge in [-0.15, -0.1) is 0 Å². The first kappa shape index (κ1) is 49.0. The van der Waals surface area contributed by atoms with Gasteiger partial charge >= 0.3 is 5.97 Å². The molecule has 8 rings (SSSR count). The summed E-state index contributed by atoms with van der Waals surface area (Å²) in [6.07, 6.45) is -10.9. The van der Waals surface area contributed by atoms with Gasteiger partial charge in [0.05, 0.1) is 31.3 Å². The van der Waals surface area contributed by atoms with Crippen LogP contribution in [-0.2, 0) is 33.2 Å². The molecule has 0 aromatic rings. The van der Waals surface area contributed by atoms with Gasteiger partial charge in [0.1, 0.15) is 67.1 Å². The van der Waals surface area contributed by atoms with Crippen LogP contribution >= 0.6 is 0 Å². The number of allylic oxidation sites excluding steroid dienone is 2. The number of aliphatic hydroxyl groups is 10. The van der Waals surface area contributed by atoms with Crippen molar-refractivity contribution in [3.63, 3.8) is 0 Å². The summed E-state index contributed by atoms with van der Waals surface area (Å²) in [6, 6.07) is 0. The van der Waals surface area contributed by atoms with Crippen molar-refractivity contribution in [2.75, 3.05) is 19.8 Å². The fraction of sp³-hybridized carbons (Fsp3) is 0.936. The van der Waals surface area contributed by atoms with E-state index >= 15 is 0 Å². The number of ether oxygens (including phenoxy) is 6. The average Bonchev–Trinajstić information content (AvgIpc) is 3.24. The van der Waals surface area contributed by atoms with Crippen LogP contribution < -0.4 is 0 Å². The minimum Gasteiger partial charge on any atom is -0.432 e. The maximum absolute atomic E-state index is 14.6. The third-order valence-corrected chi connectivity index (χ3v) is 18.9. The van der Waals surface area contributed by atoms with Gasteiger partial charge in [0.2, 0.25) is 6.29 Å². The molecule has 0 aromatic heterocycles. The first-order chi connectivity index (χ1) is 29.9. The maximum atomic E-state index is 14.6. The molecule has 3 aliphatic heterocycles. The number of carbonyl (C=O) groups excluding carboxylic acids is 1. The molecule has 8 aliphatic rings. The molecule has 4 saturated carbocycles. The molecule has 17 nitrogen and oxygen atoms in total. The molecule has 366 valence electrons. The molecule has 3 saturated heterocycles. The monoisotopic (exact) mass is 913 g/mol. The van der Waals surface area contributed by atoms with Gasteiger partial charge in [0.15, 0.2) is 12.6 Å². The lowest BCUT2D eigenvalue weighted by Crippen LogP contribution is -2.66. The molecule has 5 aliphatic carbocycles. The zero-order valence-corrected chi connectivity index (χ0v) is 38.5. The third kappa shape index (κ3) is 7.58. The summed E-state index contributed by atoms with van der Waals surface area (Å²) < 4.78 is 35.6. The van der Waals surface area contributed by atoms with E-state index < -0.39 is 111 Å². The molecule has 7 fully saturated rings. The lowest BCUT2D eigenvalue weighted by Gasteiger charge is -2.71. The summed E-state index contributed by atoms with van der Waals surface area (Å²) in [5, 5.41) is 105. The normalized spacial score (nSPS) is 53.4. The zero-order valence-electron chi connectivity index (χ0n) is 38.5. The number of hydrogen-bond donors (Lipinski definition) is 10. The Morgan fingerprint density at radius 3 is 1.92 bits per heavy atom. The number of hydrogen-bond acceptors (Lipinski definition) is 17. The molecule has 0 aromatic carbocycles. The standard InChI is InChI=1S/C47H76O17/c1-42(2)14-16-47(41(58)64-40-35(56)33(54)31(52)26(20-49)61-40)17-15-45(6)22(23(47)18-42)8-9-28-44(5)12-11-29(43(3,4)27(44)10-13-46(28,45)7)62-38-36(57)37(24(50)21-59-38)63-39-34(55)32(53)30(51)25(19-48)60-39/h8,23-40,48-57H,9-21H2,1-7H3/t23-,24+,25-,26-,27?,28-,29+,30+,31-,32+,33+,34-,35-,36-,37+,38+,39+,40+,44+,45-,46-,47+/m1/s1. The number of fused-ring (bicyclic) bond motifs is 7. The molecule has 64 heavy (non-hydrogen) atoms. The summed E-state index contributed by atoms with van der Waals surface area (Å²) in [5.41, 5.74) is -0.434.